The predicted octanol–water partition coefficient (Wildman–Crippen LogP) is 2.58. The van der Waals surface area contributed by atoms with Gasteiger partial charge in [-0.3, -0.25) is 0 Å². The maximum atomic E-state index is 9.92. The van der Waals surface area contributed by atoms with Crippen LogP contribution >= 0.6 is 27.3 Å². The Labute approximate surface area is 100.0 Å². The first kappa shape index (κ1) is 10.7. The zero-order valence-corrected chi connectivity index (χ0v) is 10.2. The SMILES string of the molecule is OC(Cc1sccc1Br)c1cncnc1. The van der Waals surface area contributed by atoms with Crippen molar-refractivity contribution >= 4 is 27.3 Å². The number of halogens is 1. The molecule has 2 aromatic rings. The number of aliphatic hydroxyl groups is 1. The number of nitrogens with zero attached hydrogens (tertiary/aromatic N) is 2. The molecule has 0 bridgehead atoms. The fourth-order valence-electron chi connectivity index (χ4n) is 1.25. The number of aliphatic hydroxyl groups excluding tert-OH is 1. The van der Waals surface area contributed by atoms with Crippen LogP contribution in [0.25, 0.3) is 0 Å². The summed E-state index contributed by atoms with van der Waals surface area (Å²) >= 11 is 5.06. The lowest BCUT2D eigenvalue weighted by atomic mass is 10.1. The first-order chi connectivity index (χ1) is 7.27. The van der Waals surface area contributed by atoms with Gasteiger partial charge in [0.25, 0.3) is 0 Å². The zero-order chi connectivity index (χ0) is 10.7. The lowest BCUT2D eigenvalue weighted by molar-refractivity contribution is 0.178. The van der Waals surface area contributed by atoms with E-state index in [2.05, 4.69) is 25.9 Å². The highest BCUT2D eigenvalue weighted by Crippen LogP contribution is 2.27. The Morgan fingerprint density at radius 3 is 2.73 bits per heavy atom. The van der Waals surface area contributed by atoms with Crippen LogP contribution in [0.1, 0.15) is 16.5 Å². The molecule has 2 rings (SSSR count). The minimum absolute atomic E-state index is 0.541. The van der Waals surface area contributed by atoms with Gasteiger partial charge in [-0.05, 0) is 27.4 Å². The van der Waals surface area contributed by atoms with E-state index in [1.54, 1.807) is 23.7 Å². The second kappa shape index (κ2) is 4.83. The molecule has 15 heavy (non-hydrogen) atoms. The second-order valence-electron chi connectivity index (χ2n) is 3.08. The Bertz CT molecular complexity index is 432. The summed E-state index contributed by atoms with van der Waals surface area (Å²) in [5, 5.41) is 11.9. The average Bonchev–Trinajstić information content (AvgIpc) is 2.66. The van der Waals surface area contributed by atoms with Gasteiger partial charge in [-0.25, -0.2) is 9.97 Å². The Balaban J connectivity index is 2.11. The van der Waals surface area contributed by atoms with Gasteiger partial charge < -0.3 is 5.11 Å². The first-order valence-electron chi connectivity index (χ1n) is 4.42. The highest BCUT2D eigenvalue weighted by Gasteiger charge is 2.11. The summed E-state index contributed by atoms with van der Waals surface area (Å²) in [6.45, 7) is 0. The summed E-state index contributed by atoms with van der Waals surface area (Å²) in [4.78, 5) is 8.89. The number of hydrogen-bond acceptors (Lipinski definition) is 4. The zero-order valence-electron chi connectivity index (χ0n) is 7.80. The lowest BCUT2D eigenvalue weighted by Crippen LogP contribution is -2.01. The molecule has 0 amide bonds. The number of rotatable bonds is 3. The largest absolute Gasteiger partial charge is 0.388 e. The Morgan fingerprint density at radius 1 is 1.40 bits per heavy atom. The molecule has 2 heterocycles. The summed E-state index contributed by atoms with van der Waals surface area (Å²) < 4.78 is 1.04. The van der Waals surface area contributed by atoms with Crippen molar-refractivity contribution in [2.75, 3.05) is 0 Å². The maximum absolute atomic E-state index is 9.92. The van der Waals surface area contributed by atoms with E-state index < -0.39 is 6.10 Å². The second-order valence-corrected chi connectivity index (χ2v) is 4.94. The van der Waals surface area contributed by atoms with Crippen LogP contribution in [0.4, 0.5) is 0 Å². The molecule has 78 valence electrons. The van der Waals surface area contributed by atoms with Crippen molar-refractivity contribution in [1.82, 2.24) is 9.97 Å². The van der Waals surface area contributed by atoms with Crippen molar-refractivity contribution in [2.45, 2.75) is 12.5 Å². The first-order valence-corrected chi connectivity index (χ1v) is 6.09. The fourth-order valence-corrected chi connectivity index (χ4v) is 2.80. The van der Waals surface area contributed by atoms with Crippen LogP contribution in [0.2, 0.25) is 0 Å². The van der Waals surface area contributed by atoms with Gasteiger partial charge in [0.1, 0.15) is 6.33 Å². The topological polar surface area (TPSA) is 46.0 Å². The fraction of sp³-hybridized carbons (Fsp3) is 0.200. The molecule has 3 nitrogen and oxygen atoms in total. The highest BCUT2D eigenvalue weighted by molar-refractivity contribution is 9.10. The van der Waals surface area contributed by atoms with Crippen molar-refractivity contribution in [1.29, 1.82) is 0 Å². The third kappa shape index (κ3) is 2.62. The van der Waals surface area contributed by atoms with Crippen molar-refractivity contribution < 1.29 is 5.11 Å². The molecule has 0 spiro atoms. The molecule has 0 aliphatic rings. The van der Waals surface area contributed by atoms with Crippen LogP contribution in [0.5, 0.6) is 0 Å². The van der Waals surface area contributed by atoms with Crippen LogP contribution in [-0.4, -0.2) is 15.1 Å². The monoisotopic (exact) mass is 284 g/mol. The summed E-state index contributed by atoms with van der Waals surface area (Å²) in [7, 11) is 0. The molecule has 0 fully saturated rings. The van der Waals surface area contributed by atoms with Crippen molar-refractivity contribution in [3.8, 4) is 0 Å². The highest BCUT2D eigenvalue weighted by atomic mass is 79.9. The molecular formula is C10H9BrN2OS. The van der Waals surface area contributed by atoms with Gasteiger partial charge >= 0.3 is 0 Å². The van der Waals surface area contributed by atoms with Gasteiger partial charge in [-0.15, -0.1) is 11.3 Å². The molecule has 0 aliphatic carbocycles. The van der Waals surface area contributed by atoms with Gasteiger partial charge in [-0.2, -0.15) is 0 Å². The quantitative estimate of drug-likeness (QED) is 0.942. The van der Waals surface area contributed by atoms with Gasteiger partial charge in [0.05, 0.1) is 6.10 Å². The molecule has 0 saturated heterocycles. The van der Waals surface area contributed by atoms with E-state index in [1.807, 2.05) is 11.4 Å². The van der Waals surface area contributed by atoms with Crippen LogP contribution in [-0.2, 0) is 6.42 Å². The molecule has 0 radical (unpaired) electrons. The van der Waals surface area contributed by atoms with Crippen LogP contribution in [0.3, 0.4) is 0 Å². The predicted molar refractivity (Wildman–Crippen MR) is 62.7 cm³/mol. The van der Waals surface area contributed by atoms with Crippen LogP contribution < -0.4 is 0 Å². The molecule has 1 N–H and O–H groups in total. The lowest BCUT2D eigenvalue weighted by Gasteiger charge is -2.08. The van der Waals surface area contributed by atoms with Crippen molar-refractivity contribution in [3.63, 3.8) is 0 Å². The van der Waals surface area contributed by atoms with Gasteiger partial charge in [0.15, 0.2) is 0 Å². The molecular weight excluding hydrogens is 276 g/mol. The Hall–Kier alpha value is -0.780. The minimum Gasteiger partial charge on any atom is -0.388 e. The molecule has 5 heteroatoms. The third-order valence-corrected chi connectivity index (χ3v) is 3.98. The van der Waals surface area contributed by atoms with Crippen molar-refractivity contribution in [2.24, 2.45) is 0 Å². The summed E-state index contributed by atoms with van der Waals surface area (Å²) in [6, 6.07) is 1.98. The molecule has 1 unspecified atom stereocenters. The molecule has 1 atom stereocenters. The van der Waals surface area contributed by atoms with E-state index in [0.717, 1.165) is 14.9 Å². The Morgan fingerprint density at radius 2 is 2.13 bits per heavy atom. The van der Waals surface area contributed by atoms with Gasteiger partial charge in [-0.1, -0.05) is 0 Å². The van der Waals surface area contributed by atoms with Crippen LogP contribution in [0, 0.1) is 0 Å². The summed E-state index contributed by atoms with van der Waals surface area (Å²) in [6.07, 6.45) is 4.78. The minimum atomic E-state index is -0.541. The average molecular weight is 285 g/mol. The van der Waals surface area contributed by atoms with E-state index in [1.165, 1.54) is 6.33 Å². The standard InChI is InChI=1S/C10H9BrN2OS/c11-8-1-2-15-10(8)3-9(14)7-4-12-6-13-5-7/h1-2,4-6,9,14H,3H2. The number of hydrogen-bond donors (Lipinski definition) is 1. The van der Waals surface area contributed by atoms with Gasteiger partial charge in [0.2, 0.25) is 0 Å². The molecule has 2 aromatic heterocycles. The third-order valence-electron chi connectivity index (χ3n) is 2.04. The van der Waals surface area contributed by atoms with Gasteiger partial charge in [0, 0.05) is 33.7 Å². The maximum Gasteiger partial charge on any atom is 0.115 e. The van der Waals surface area contributed by atoms with E-state index in [4.69, 9.17) is 0 Å². The van der Waals surface area contributed by atoms with E-state index in [-0.39, 0.29) is 0 Å². The van der Waals surface area contributed by atoms with Crippen molar-refractivity contribution in [3.05, 3.63) is 45.1 Å². The number of thiophene rings is 1. The van der Waals surface area contributed by atoms with E-state index in [9.17, 15) is 5.11 Å². The molecule has 0 aliphatic heterocycles. The number of aromatic nitrogens is 2. The summed E-state index contributed by atoms with van der Waals surface area (Å²) in [5.74, 6) is 0. The molecule has 0 aromatic carbocycles. The normalized spacial score (nSPS) is 12.7. The summed E-state index contributed by atoms with van der Waals surface area (Å²) in [5.41, 5.74) is 0.748. The smallest absolute Gasteiger partial charge is 0.115 e. The van der Waals surface area contributed by atoms with E-state index in [0.29, 0.717) is 6.42 Å². The molecule has 0 saturated carbocycles. The Kier molecular flexibility index (Phi) is 3.45. The van der Waals surface area contributed by atoms with Crippen LogP contribution in [0.15, 0.2) is 34.6 Å². The van der Waals surface area contributed by atoms with E-state index >= 15 is 0 Å².